The maximum atomic E-state index is 5.80. The molecule has 7 nitrogen and oxygen atoms in total. The fraction of sp³-hybridized carbons (Fsp3) is 0.154. The maximum absolute atomic E-state index is 5.80. The summed E-state index contributed by atoms with van der Waals surface area (Å²) in [5.74, 6) is 1.78. The molecule has 0 aliphatic carbocycles. The van der Waals surface area contributed by atoms with Gasteiger partial charge in [0.1, 0.15) is 23.3 Å². The molecule has 3 aromatic rings. The molecule has 0 fully saturated rings. The number of aromatic nitrogens is 4. The minimum atomic E-state index is 0.364. The van der Waals surface area contributed by atoms with Crippen LogP contribution in [-0.2, 0) is 0 Å². The van der Waals surface area contributed by atoms with Gasteiger partial charge in [-0.15, -0.1) is 0 Å². The number of anilines is 1. The van der Waals surface area contributed by atoms with Gasteiger partial charge in [-0.25, -0.2) is 15.0 Å². The van der Waals surface area contributed by atoms with Crippen LogP contribution in [-0.4, -0.2) is 34.2 Å². The van der Waals surface area contributed by atoms with Gasteiger partial charge in [0.15, 0.2) is 16.6 Å². The number of nitrogen functional groups attached to an aromatic ring is 1. The Morgan fingerprint density at radius 2 is 2.05 bits per heavy atom. The van der Waals surface area contributed by atoms with Gasteiger partial charge in [-0.3, -0.25) is 0 Å². The molecule has 0 amide bonds. The van der Waals surface area contributed by atoms with Gasteiger partial charge in [0, 0.05) is 0 Å². The first-order valence-electron chi connectivity index (χ1n) is 6.18. The summed E-state index contributed by atoms with van der Waals surface area (Å²) in [4.78, 5) is 16.4. The third kappa shape index (κ3) is 2.69. The number of hydrogen-bond acceptors (Lipinski definition) is 7. The number of imidazole rings is 1. The minimum absolute atomic E-state index is 0.364. The van der Waals surface area contributed by atoms with Crippen LogP contribution in [0.15, 0.2) is 33.0 Å². The lowest BCUT2D eigenvalue weighted by molar-refractivity contribution is 0.391. The minimum Gasteiger partial charge on any atom is -0.497 e. The number of nitrogens with zero attached hydrogens (tertiary/aromatic N) is 3. The second kappa shape index (κ2) is 6.01. The van der Waals surface area contributed by atoms with Crippen LogP contribution in [0.5, 0.6) is 11.5 Å². The Kier molecular flexibility index (Phi) is 4.08. The van der Waals surface area contributed by atoms with Crippen molar-refractivity contribution >= 4 is 44.7 Å². The monoisotopic (exact) mass is 381 g/mol. The molecule has 9 heteroatoms. The summed E-state index contributed by atoms with van der Waals surface area (Å²) in [5.41, 5.74) is 6.95. The summed E-state index contributed by atoms with van der Waals surface area (Å²) in [6.07, 6.45) is 1.38. The largest absolute Gasteiger partial charge is 0.497 e. The zero-order valence-electron chi connectivity index (χ0n) is 11.8. The van der Waals surface area contributed by atoms with E-state index in [1.165, 1.54) is 18.1 Å². The molecule has 0 aliphatic rings. The second-order valence-corrected chi connectivity index (χ2v) is 6.13. The molecule has 0 saturated carbocycles. The van der Waals surface area contributed by atoms with Crippen molar-refractivity contribution in [3.05, 3.63) is 22.9 Å². The first-order valence-corrected chi connectivity index (χ1v) is 7.79. The van der Waals surface area contributed by atoms with Gasteiger partial charge in [0.2, 0.25) is 0 Å². The first-order chi connectivity index (χ1) is 10.6. The highest BCUT2D eigenvalue weighted by atomic mass is 79.9. The predicted octanol–water partition coefficient (Wildman–Crippen LogP) is 2.87. The number of aromatic amines is 1. The summed E-state index contributed by atoms with van der Waals surface area (Å²) in [5, 5.41) is 0.639. The molecule has 0 unspecified atom stereocenters. The summed E-state index contributed by atoms with van der Waals surface area (Å²) >= 11 is 4.86. The van der Waals surface area contributed by atoms with E-state index in [0.717, 1.165) is 9.37 Å². The van der Waals surface area contributed by atoms with E-state index in [4.69, 9.17) is 15.2 Å². The number of ether oxygens (including phenoxy) is 2. The number of hydrogen-bond donors (Lipinski definition) is 2. The molecule has 0 atom stereocenters. The standard InChI is InChI=1S/C13H12BrN5O2S/c1-20-6-3-7(14)10(21-2)8(4-6)22-13-18-9-11(15)16-5-17-12(9)19-13/h3-5H,1-2H3,(H3,15,16,17,18,19). The summed E-state index contributed by atoms with van der Waals surface area (Å²) in [6, 6.07) is 3.71. The lowest BCUT2D eigenvalue weighted by atomic mass is 10.3. The van der Waals surface area contributed by atoms with Crippen molar-refractivity contribution < 1.29 is 9.47 Å². The van der Waals surface area contributed by atoms with Crippen molar-refractivity contribution in [1.29, 1.82) is 0 Å². The third-order valence-electron chi connectivity index (χ3n) is 2.93. The lowest BCUT2D eigenvalue weighted by Crippen LogP contribution is -1.92. The Balaban J connectivity index is 2.04. The molecule has 0 saturated heterocycles. The highest BCUT2D eigenvalue weighted by Crippen LogP contribution is 2.41. The molecule has 3 rings (SSSR count). The highest BCUT2D eigenvalue weighted by molar-refractivity contribution is 9.10. The average Bonchev–Trinajstić information content (AvgIpc) is 2.91. The molecule has 22 heavy (non-hydrogen) atoms. The number of benzene rings is 1. The Morgan fingerprint density at radius 1 is 1.23 bits per heavy atom. The van der Waals surface area contributed by atoms with Crippen LogP contribution in [0.1, 0.15) is 0 Å². The van der Waals surface area contributed by atoms with Crippen molar-refractivity contribution in [1.82, 2.24) is 19.9 Å². The molecule has 2 aromatic heterocycles. The number of rotatable bonds is 4. The zero-order valence-corrected chi connectivity index (χ0v) is 14.2. The van der Waals surface area contributed by atoms with E-state index in [1.807, 2.05) is 12.1 Å². The SMILES string of the molecule is COc1cc(Br)c(OC)c(Sc2nc3ncnc(N)c3[nH]2)c1. The third-order valence-corrected chi connectivity index (χ3v) is 4.42. The average molecular weight is 382 g/mol. The van der Waals surface area contributed by atoms with Gasteiger partial charge in [0.05, 0.1) is 23.6 Å². The molecule has 0 bridgehead atoms. The van der Waals surface area contributed by atoms with E-state index in [-0.39, 0.29) is 0 Å². The Labute approximate surface area is 138 Å². The molecule has 114 valence electrons. The topological polar surface area (TPSA) is 98.9 Å². The quantitative estimate of drug-likeness (QED) is 0.716. The van der Waals surface area contributed by atoms with Crippen LogP contribution in [0.3, 0.4) is 0 Å². The van der Waals surface area contributed by atoms with E-state index in [1.54, 1.807) is 14.2 Å². The summed E-state index contributed by atoms with van der Waals surface area (Å²) in [6.45, 7) is 0. The van der Waals surface area contributed by atoms with Crippen LogP contribution in [0.4, 0.5) is 5.82 Å². The molecule has 1 aromatic carbocycles. The fourth-order valence-corrected chi connectivity index (χ4v) is 3.60. The Morgan fingerprint density at radius 3 is 2.73 bits per heavy atom. The van der Waals surface area contributed by atoms with E-state index in [9.17, 15) is 0 Å². The smallest absolute Gasteiger partial charge is 0.183 e. The molecule has 0 spiro atoms. The number of nitrogens with two attached hydrogens (primary N) is 1. The number of fused-ring (bicyclic) bond motifs is 1. The van der Waals surface area contributed by atoms with Crippen molar-refractivity contribution in [3.63, 3.8) is 0 Å². The van der Waals surface area contributed by atoms with E-state index in [0.29, 0.717) is 33.6 Å². The van der Waals surface area contributed by atoms with Crippen LogP contribution in [0.2, 0.25) is 0 Å². The fourth-order valence-electron chi connectivity index (χ4n) is 1.91. The number of nitrogens with one attached hydrogen (secondary N) is 1. The predicted molar refractivity (Wildman–Crippen MR) is 87.5 cm³/mol. The van der Waals surface area contributed by atoms with Gasteiger partial charge < -0.3 is 20.2 Å². The van der Waals surface area contributed by atoms with Crippen LogP contribution >= 0.6 is 27.7 Å². The van der Waals surface area contributed by atoms with Gasteiger partial charge in [-0.1, -0.05) is 0 Å². The normalized spacial score (nSPS) is 10.9. The van der Waals surface area contributed by atoms with Gasteiger partial charge in [0.25, 0.3) is 0 Å². The highest BCUT2D eigenvalue weighted by Gasteiger charge is 2.15. The van der Waals surface area contributed by atoms with Gasteiger partial charge in [-0.2, -0.15) is 0 Å². The number of methoxy groups -OCH3 is 2. The van der Waals surface area contributed by atoms with Crippen LogP contribution in [0.25, 0.3) is 11.2 Å². The second-order valence-electron chi connectivity index (χ2n) is 4.24. The Hall–Kier alpha value is -2.00. The van der Waals surface area contributed by atoms with E-state index in [2.05, 4.69) is 35.9 Å². The first kappa shape index (κ1) is 14.9. The summed E-state index contributed by atoms with van der Waals surface area (Å²) < 4.78 is 11.5. The van der Waals surface area contributed by atoms with Gasteiger partial charge >= 0.3 is 0 Å². The summed E-state index contributed by atoms with van der Waals surface area (Å²) in [7, 11) is 3.22. The molecule has 0 aliphatic heterocycles. The lowest BCUT2D eigenvalue weighted by Gasteiger charge is -2.11. The molecular weight excluding hydrogens is 370 g/mol. The molecule has 3 N–H and O–H groups in total. The van der Waals surface area contributed by atoms with Crippen LogP contribution in [0, 0.1) is 0 Å². The Bertz CT molecular complexity index is 839. The van der Waals surface area contributed by atoms with Crippen molar-refractivity contribution in [3.8, 4) is 11.5 Å². The van der Waals surface area contributed by atoms with Crippen molar-refractivity contribution in [2.24, 2.45) is 0 Å². The molecular formula is C13H12BrN5O2S. The zero-order chi connectivity index (χ0) is 15.7. The van der Waals surface area contributed by atoms with Crippen molar-refractivity contribution in [2.45, 2.75) is 10.1 Å². The van der Waals surface area contributed by atoms with Gasteiger partial charge in [-0.05, 0) is 39.8 Å². The van der Waals surface area contributed by atoms with Crippen LogP contribution < -0.4 is 15.2 Å². The molecule has 0 radical (unpaired) electrons. The number of H-pyrrole nitrogens is 1. The van der Waals surface area contributed by atoms with E-state index >= 15 is 0 Å². The number of halogens is 1. The van der Waals surface area contributed by atoms with Crippen molar-refractivity contribution in [2.75, 3.05) is 20.0 Å². The molecule has 2 heterocycles. The van der Waals surface area contributed by atoms with E-state index < -0.39 is 0 Å². The maximum Gasteiger partial charge on any atom is 0.183 e.